The summed E-state index contributed by atoms with van der Waals surface area (Å²) in [4.78, 5) is 9.00. The first-order valence-corrected chi connectivity index (χ1v) is 9.41. The Morgan fingerprint density at radius 2 is 1.83 bits per heavy atom. The van der Waals surface area contributed by atoms with E-state index in [1.54, 1.807) is 16.7 Å². The van der Waals surface area contributed by atoms with Crippen LogP contribution in [0.1, 0.15) is 89.8 Å². The zero-order chi connectivity index (χ0) is 18.1. The Morgan fingerprint density at radius 1 is 1.21 bits per heavy atom. The van der Waals surface area contributed by atoms with Gasteiger partial charge in [-0.05, 0) is 65.0 Å². The van der Waals surface area contributed by atoms with Crippen molar-refractivity contribution in [1.29, 1.82) is 0 Å². The van der Waals surface area contributed by atoms with Crippen molar-refractivity contribution >= 4 is 5.97 Å². The zero-order valence-corrected chi connectivity index (χ0v) is 16.3. The normalized spacial score (nSPS) is 27.5. The van der Waals surface area contributed by atoms with Crippen molar-refractivity contribution < 1.29 is 9.90 Å². The Bertz CT molecular complexity index is 596. The number of fused-ring (bicyclic) bond motifs is 3. The summed E-state index contributed by atoms with van der Waals surface area (Å²) in [7, 11) is 0. The molecule has 0 heterocycles. The number of rotatable bonds is 1. The molecule has 0 saturated heterocycles. The first-order valence-electron chi connectivity index (χ1n) is 9.41. The second-order valence-electron chi connectivity index (χ2n) is 8.90. The van der Waals surface area contributed by atoms with E-state index >= 15 is 0 Å². The first-order chi connectivity index (χ1) is 11.1. The molecule has 134 valence electrons. The fourth-order valence-electron chi connectivity index (χ4n) is 5.40. The number of carbonyl (C=O) groups is 1. The summed E-state index contributed by atoms with van der Waals surface area (Å²) in [5.41, 5.74) is 5.91. The highest BCUT2D eigenvalue weighted by atomic mass is 16.4. The number of aliphatic carboxylic acids is 1. The van der Waals surface area contributed by atoms with E-state index in [0.29, 0.717) is 16.7 Å². The van der Waals surface area contributed by atoms with Gasteiger partial charge in [0, 0.05) is 6.92 Å². The molecule has 0 spiro atoms. The van der Waals surface area contributed by atoms with Crippen molar-refractivity contribution in [2.24, 2.45) is 11.3 Å². The summed E-state index contributed by atoms with van der Waals surface area (Å²) in [5, 5.41) is 7.42. The minimum absolute atomic E-state index is 0.417. The topological polar surface area (TPSA) is 37.3 Å². The predicted molar refractivity (Wildman–Crippen MR) is 101 cm³/mol. The molecule has 2 heteroatoms. The van der Waals surface area contributed by atoms with Crippen LogP contribution in [0.4, 0.5) is 0 Å². The highest BCUT2D eigenvalue weighted by Gasteiger charge is 2.49. The summed E-state index contributed by atoms with van der Waals surface area (Å²) in [6.45, 7) is 13.3. The van der Waals surface area contributed by atoms with E-state index < -0.39 is 5.97 Å². The van der Waals surface area contributed by atoms with E-state index in [1.165, 1.54) is 32.1 Å². The number of hydrogen-bond donors (Lipinski definition) is 1. The number of benzene rings is 1. The van der Waals surface area contributed by atoms with Crippen molar-refractivity contribution in [2.75, 3.05) is 0 Å². The third-order valence-corrected chi connectivity index (χ3v) is 6.36. The summed E-state index contributed by atoms with van der Waals surface area (Å²) in [6.07, 6.45) is 6.88. The van der Waals surface area contributed by atoms with Crippen LogP contribution in [-0.4, -0.2) is 11.1 Å². The molecule has 2 aliphatic carbocycles. The second-order valence-corrected chi connectivity index (χ2v) is 8.90. The Hall–Kier alpha value is -1.31. The van der Waals surface area contributed by atoms with Crippen LogP contribution in [0.3, 0.4) is 0 Å². The minimum Gasteiger partial charge on any atom is -0.481 e. The molecule has 24 heavy (non-hydrogen) atoms. The van der Waals surface area contributed by atoms with E-state index in [4.69, 9.17) is 9.90 Å². The summed E-state index contributed by atoms with van der Waals surface area (Å²) < 4.78 is 0. The molecule has 3 rings (SSSR count). The van der Waals surface area contributed by atoms with Gasteiger partial charge in [-0.15, -0.1) is 0 Å². The van der Waals surface area contributed by atoms with Crippen molar-refractivity contribution in [3.05, 3.63) is 34.9 Å². The molecular formula is C22H34O2. The van der Waals surface area contributed by atoms with Gasteiger partial charge >= 0.3 is 0 Å². The lowest BCUT2D eigenvalue weighted by atomic mass is 9.50. The number of hydrogen-bond acceptors (Lipinski definition) is 1. The Labute approximate surface area is 147 Å². The van der Waals surface area contributed by atoms with E-state index in [2.05, 4.69) is 52.8 Å². The van der Waals surface area contributed by atoms with Gasteiger partial charge in [0.2, 0.25) is 0 Å². The fourth-order valence-corrected chi connectivity index (χ4v) is 5.40. The van der Waals surface area contributed by atoms with Crippen molar-refractivity contribution in [3.8, 4) is 0 Å². The van der Waals surface area contributed by atoms with Crippen LogP contribution in [-0.2, 0) is 16.6 Å². The maximum absolute atomic E-state index is 9.00. The molecule has 0 aromatic heterocycles. The highest BCUT2D eigenvalue weighted by Crippen LogP contribution is 2.57. The van der Waals surface area contributed by atoms with Crippen LogP contribution in [0.25, 0.3) is 0 Å². The van der Waals surface area contributed by atoms with Gasteiger partial charge in [0.15, 0.2) is 0 Å². The molecule has 1 N–H and O–H groups in total. The molecule has 0 amide bonds. The molecule has 0 radical (unpaired) electrons. The average molecular weight is 331 g/mol. The van der Waals surface area contributed by atoms with E-state index in [1.807, 2.05) is 0 Å². The van der Waals surface area contributed by atoms with Gasteiger partial charge in [0.1, 0.15) is 0 Å². The largest absolute Gasteiger partial charge is 0.481 e. The standard InChI is InChI=1S/C20H30.C2H4O2/c1-14(2)15-8-6-9-17-16(15)10-11-18-19(3,4)12-7-13-20(17,18)5;1-2(3)4/h6,8-9,14,18H,7,10-13H2,1-5H3;1H3,(H,3,4)/t18-,20+;/m0./s1. The minimum atomic E-state index is -0.833. The second kappa shape index (κ2) is 6.90. The average Bonchev–Trinajstić information content (AvgIpc) is 2.45. The highest BCUT2D eigenvalue weighted by molar-refractivity contribution is 5.62. The van der Waals surface area contributed by atoms with Gasteiger partial charge in [-0.25, -0.2) is 0 Å². The molecule has 1 fully saturated rings. The summed E-state index contributed by atoms with van der Waals surface area (Å²) in [6, 6.07) is 7.11. The first kappa shape index (κ1) is 19.0. The van der Waals surface area contributed by atoms with Crippen LogP contribution in [0.15, 0.2) is 18.2 Å². The summed E-state index contributed by atoms with van der Waals surface area (Å²) >= 11 is 0. The Balaban J connectivity index is 0.000000471. The third-order valence-electron chi connectivity index (χ3n) is 6.36. The lowest BCUT2D eigenvalue weighted by Gasteiger charge is -2.54. The lowest BCUT2D eigenvalue weighted by Crippen LogP contribution is -2.48. The van der Waals surface area contributed by atoms with E-state index in [-0.39, 0.29) is 0 Å². The van der Waals surface area contributed by atoms with Gasteiger partial charge in [0.25, 0.3) is 5.97 Å². The molecule has 2 nitrogen and oxygen atoms in total. The van der Waals surface area contributed by atoms with Crippen molar-refractivity contribution in [2.45, 2.75) is 85.0 Å². The Morgan fingerprint density at radius 3 is 2.42 bits per heavy atom. The van der Waals surface area contributed by atoms with Gasteiger partial charge in [-0.3, -0.25) is 4.79 Å². The lowest BCUT2D eigenvalue weighted by molar-refractivity contribution is -0.134. The van der Waals surface area contributed by atoms with E-state index in [9.17, 15) is 0 Å². The molecule has 0 aliphatic heterocycles. The predicted octanol–water partition coefficient (Wildman–Crippen LogP) is 5.93. The Kier molecular flexibility index (Phi) is 5.47. The molecule has 2 atom stereocenters. The van der Waals surface area contributed by atoms with Gasteiger partial charge in [-0.1, -0.05) is 59.2 Å². The quantitative estimate of drug-likeness (QED) is 0.692. The van der Waals surface area contributed by atoms with Gasteiger partial charge < -0.3 is 5.11 Å². The fraction of sp³-hybridized carbons (Fsp3) is 0.682. The molecule has 0 bridgehead atoms. The van der Waals surface area contributed by atoms with Crippen LogP contribution in [0.5, 0.6) is 0 Å². The maximum Gasteiger partial charge on any atom is 0.300 e. The monoisotopic (exact) mass is 330 g/mol. The van der Waals surface area contributed by atoms with Crippen LogP contribution >= 0.6 is 0 Å². The number of carboxylic acid groups (broad SMARTS) is 1. The van der Waals surface area contributed by atoms with Crippen molar-refractivity contribution in [1.82, 2.24) is 0 Å². The molecule has 1 aromatic rings. The molecule has 0 unspecified atom stereocenters. The van der Waals surface area contributed by atoms with Crippen LogP contribution < -0.4 is 0 Å². The van der Waals surface area contributed by atoms with Crippen molar-refractivity contribution in [3.63, 3.8) is 0 Å². The smallest absolute Gasteiger partial charge is 0.300 e. The van der Waals surface area contributed by atoms with Gasteiger partial charge in [0.05, 0.1) is 0 Å². The SMILES string of the molecule is CC(=O)O.CC(C)c1cccc2c1CC[C@H]1C(C)(C)CCC[C@]21C. The maximum atomic E-state index is 9.00. The molecule has 1 aromatic carbocycles. The number of carboxylic acids is 1. The van der Waals surface area contributed by atoms with Crippen LogP contribution in [0, 0.1) is 11.3 Å². The third kappa shape index (κ3) is 3.53. The molecule has 2 aliphatic rings. The van der Waals surface area contributed by atoms with Crippen LogP contribution in [0.2, 0.25) is 0 Å². The van der Waals surface area contributed by atoms with E-state index in [0.717, 1.165) is 12.8 Å². The molecular weight excluding hydrogens is 296 g/mol. The summed E-state index contributed by atoms with van der Waals surface area (Å²) in [5.74, 6) is 0.681. The van der Waals surface area contributed by atoms with Gasteiger partial charge in [-0.2, -0.15) is 0 Å². The molecule has 1 saturated carbocycles. The zero-order valence-electron chi connectivity index (χ0n) is 16.3.